The first-order valence-electron chi connectivity index (χ1n) is 8.24. The Balaban J connectivity index is 1.97. The maximum atomic E-state index is 4.91. The summed E-state index contributed by atoms with van der Waals surface area (Å²) in [5, 5.41) is 4.50. The van der Waals surface area contributed by atoms with E-state index in [1.165, 1.54) is 41.8 Å². The first kappa shape index (κ1) is 16.7. The third-order valence-electron chi connectivity index (χ3n) is 3.86. The molecule has 21 heavy (non-hydrogen) atoms. The molecule has 1 aromatic rings. The Morgan fingerprint density at radius 2 is 1.95 bits per heavy atom. The zero-order chi connectivity index (χ0) is 15.2. The van der Waals surface area contributed by atoms with Gasteiger partial charge in [0.05, 0.1) is 5.69 Å². The Kier molecular flexibility index (Phi) is 6.45. The van der Waals surface area contributed by atoms with Crippen molar-refractivity contribution in [2.75, 3.05) is 44.7 Å². The summed E-state index contributed by atoms with van der Waals surface area (Å²) in [7, 11) is 2.01. The summed E-state index contributed by atoms with van der Waals surface area (Å²) in [5.41, 5.74) is 1.30. The summed E-state index contributed by atoms with van der Waals surface area (Å²) < 4.78 is 0. The molecule has 0 atom stereocenters. The topological polar surface area (TPSA) is 31.4 Å². The molecule has 0 aromatic carbocycles. The minimum absolute atomic E-state index is 0.759. The number of anilines is 1. The van der Waals surface area contributed by atoms with Crippen LogP contribution in [0.3, 0.4) is 0 Å². The fraction of sp³-hybridized carbons (Fsp3) is 0.812. The molecule has 0 unspecified atom stereocenters. The van der Waals surface area contributed by atoms with Gasteiger partial charge in [-0.25, -0.2) is 4.98 Å². The highest BCUT2D eigenvalue weighted by Crippen LogP contribution is 2.28. The lowest BCUT2D eigenvalue weighted by Crippen LogP contribution is -2.47. The first-order chi connectivity index (χ1) is 10.1. The number of aryl methyl sites for hydroxylation is 1. The molecule has 1 aliphatic rings. The predicted molar refractivity (Wildman–Crippen MR) is 92.4 cm³/mol. The molecule has 0 saturated carbocycles. The van der Waals surface area contributed by atoms with Crippen LogP contribution in [0.2, 0.25) is 0 Å². The van der Waals surface area contributed by atoms with E-state index in [0.29, 0.717) is 0 Å². The second-order valence-electron chi connectivity index (χ2n) is 6.33. The molecule has 0 aliphatic carbocycles. The van der Waals surface area contributed by atoms with Gasteiger partial charge in [0.1, 0.15) is 0 Å². The van der Waals surface area contributed by atoms with Crippen LogP contribution >= 0.6 is 11.3 Å². The number of nitrogens with one attached hydrogen (secondary N) is 1. The summed E-state index contributed by atoms with van der Waals surface area (Å²) in [6.45, 7) is 13.6. The predicted octanol–water partition coefficient (Wildman–Crippen LogP) is 2.59. The molecular formula is C16H30N4S. The Morgan fingerprint density at radius 3 is 2.52 bits per heavy atom. The molecule has 1 saturated heterocycles. The van der Waals surface area contributed by atoms with Crippen molar-refractivity contribution >= 4 is 16.5 Å². The van der Waals surface area contributed by atoms with Crippen molar-refractivity contribution < 1.29 is 0 Å². The number of thiazole rings is 1. The number of hydrogen-bond acceptors (Lipinski definition) is 5. The molecule has 0 bridgehead atoms. The fourth-order valence-electron chi connectivity index (χ4n) is 2.87. The Hall–Kier alpha value is -0.650. The van der Waals surface area contributed by atoms with Gasteiger partial charge in [-0.3, -0.25) is 4.90 Å². The van der Waals surface area contributed by atoms with Gasteiger partial charge in [0.25, 0.3) is 0 Å². The summed E-state index contributed by atoms with van der Waals surface area (Å²) >= 11 is 1.88. The highest BCUT2D eigenvalue weighted by Gasteiger charge is 2.21. The molecule has 1 aromatic heterocycles. The lowest BCUT2D eigenvalue weighted by Gasteiger charge is -2.35. The van der Waals surface area contributed by atoms with Gasteiger partial charge in [0.15, 0.2) is 5.13 Å². The average molecular weight is 311 g/mol. The number of nitrogens with zero attached hydrogens (tertiary/aromatic N) is 3. The number of hydrogen-bond donors (Lipinski definition) is 1. The van der Waals surface area contributed by atoms with Gasteiger partial charge < -0.3 is 10.2 Å². The standard InChI is InChI=1S/C16H30N4S/c1-5-6-14-15(11-17-4)21-16(18-14)20-9-7-19(8-10-20)12-13(2)3/h13,17H,5-12H2,1-4H3. The third kappa shape index (κ3) is 4.66. The summed E-state index contributed by atoms with van der Waals surface area (Å²) in [6, 6.07) is 0. The molecule has 1 aliphatic heterocycles. The second kappa shape index (κ2) is 8.11. The number of piperazine rings is 1. The van der Waals surface area contributed by atoms with Gasteiger partial charge in [-0.15, -0.1) is 11.3 Å². The summed E-state index contributed by atoms with van der Waals surface area (Å²) in [5.74, 6) is 0.759. The maximum absolute atomic E-state index is 4.91. The van der Waals surface area contributed by atoms with Crippen LogP contribution in [-0.2, 0) is 13.0 Å². The molecule has 2 heterocycles. The molecule has 120 valence electrons. The summed E-state index contributed by atoms with van der Waals surface area (Å²) in [4.78, 5) is 11.4. The monoisotopic (exact) mass is 310 g/mol. The van der Waals surface area contributed by atoms with E-state index in [-0.39, 0.29) is 0 Å². The molecule has 4 nitrogen and oxygen atoms in total. The van der Waals surface area contributed by atoms with Gasteiger partial charge in [-0.1, -0.05) is 27.2 Å². The van der Waals surface area contributed by atoms with Crippen LogP contribution < -0.4 is 10.2 Å². The minimum atomic E-state index is 0.759. The van der Waals surface area contributed by atoms with Gasteiger partial charge >= 0.3 is 0 Å². The van der Waals surface area contributed by atoms with E-state index >= 15 is 0 Å². The Morgan fingerprint density at radius 1 is 1.24 bits per heavy atom. The van der Waals surface area contributed by atoms with Gasteiger partial charge in [-0.2, -0.15) is 0 Å². The lowest BCUT2D eigenvalue weighted by molar-refractivity contribution is 0.231. The van der Waals surface area contributed by atoms with Gasteiger partial charge in [-0.05, 0) is 19.4 Å². The van der Waals surface area contributed by atoms with E-state index in [2.05, 4.69) is 35.9 Å². The minimum Gasteiger partial charge on any atom is -0.346 e. The molecule has 0 radical (unpaired) electrons. The normalized spacial score (nSPS) is 16.9. The van der Waals surface area contributed by atoms with Crippen molar-refractivity contribution in [2.24, 2.45) is 5.92 Å². The molecular weight excluding hydrogens is 280 g/mol. The Bertz CT molecular complexity index is 398. The zero-order valence-corrected chi connectivity index (χ0v) is 14.8. The molecule has 1 fully saturated rings. The molecule has 5 heteroatoms. The lowest BCUT2D eigenvalue weighted by atomic mass is 10.2. The fourth-order valence-corrected chi connectivity index (χ4v) is 4.04. The van der Waals surface area contributed by atoms with Crippen LogP contribution in [0.5, 0.6) is 0 Å². The van der Waals surface area contributed by atoms with Crippen LogP contribution in [0.25, 0.3) is 0 Å². The zero-order valence-electron chi connectivity index (χ0n) is 14.0. The quantitative estimate of drug-likeness (QED) is 0.839. The van der Waals surface area contributed by atoms with Crippen molar-refractivity contribution in [1.29, 1.82) is 0 Å². The highest BCUT2D eigenvalue weighted by atomic mass is 32.1. The van der Waals surface area contributed by atoms with E-state index in [4.69, 9.17) is 4.98 Å². The third-order valence-corrected chi connectivity index (χ3v) is 5.02. The molecule has 0 spiro atoms. The van der Waals surface area contributed by atoms with Crippen LogP contribution in [0.15, 0.2) is 0 Å². The number of rotatable bonds is 7. The van der Waals surface area contributed by atoms with Gasteiger partial charge in [0, 0.05) is 44.1 Å². The van der Waals surface area contributed by atoms with Crippen LogP contribution in [-0.4, -0.2) is 49.7 Å². The van der Waals surface area contributed by atoms with E-state index < -0.39 is 0 Å². The smallest absolute Gasteiger partial charge is 0.185 e. The van der Waals surface area contributed by atoms with Crippen molar-refractivity contribution in [1.82, 2.24) is 15.2 Å². The van der Waals surface area contributed by atoms with E-state index in [1.807, 2.05) is 18.4 Å². The van der Waals surface area contributed by atoms with Crippen LogP contribution in [0, 0.1) is 5.92 Å². The van der Waals surface area contributed by atoms with Crippen LogP contribution in [0.4, 0.5) is 5.13 Å². The molecule has 2 rings (SSSR count). The maximum Gasteiger partial charge on any atom is 0.185 e. The first-order valence-corrected chi connectivity index (χ1v) is 9.06. The van der Waals surface area contributed by atoms with Gasteiger partial charge in [0.2, 0.25) is 0 Å². The van der Waals surface area contributed by atoms with Crippen molar-refractivity contribution in [3.63, 3.8) is 0 Å². The van der Waals surface area contributed by atoms with Crippen LogP contribution in [0.1, 0.15) is 37.8 Å². The highest BCUT2D eigenvalue weighted by molar-refractivity contribution is 7.15. The molecule has 1 N–H and O–H groups in total. The average Bonchev–Trinajstić information content (AvgIpc) is 2.83. The largest absolute Gasteiger partial charge is 0.346 e. The Labute approximate surface area is 133 Å². The van der Waals surface area contributed by atoms with Crippen molar-refractivity contribution in [2.45, 2.75) is 40.2 Å². The van der Waals surface area contributed by atoms with E-state index in [0.717, 1.165) is 32.0 Å². The second-order valence-corrected chi connectivity index (χ2v) is 7.39. The SMILES string of the molecule is CCCc1nc(N2CCN(CC(C)C)CC2)sc1CNC. The molecule has 0 amide bonds. The number of aromatic nitrogens is 1. The van der Waals surface area contributed by atoms with E-state index in [9.17, 15) is 0 Å². The van der Waals surface area contributed by atoms with Crippen molar-refractivity contribution in [3.05, 3.63) is 10.6 Å². The summed E-state index contributed by atoms with van der Waals surface area (Å²) in [6.07, 6.45) is 2.27. The van der Waals surface area contributed by atoms with Crippen molar-refractivity contribution in [3.8, 4) is 0 Å². The van der Waals surface area contributed by atoms with E-state index in [1.54, 1.807) is 0 Å².